The van der Waals surface area contributed by atoms with Crippen molar-refractivity contribution in [1.29, 1.82) is 0 Å². The minimum Gasteiger partial charge on any atom is -0.496 e. The number of nitrogens with zero attached hydrogens (tertiary/aromatic N) is 1. The van der Waals surface area contributed by atoms with Crippen LogP contribution in [0.5, 0.6) is 5.75 Å². The molecule has 1 heterocycles. The van der Waals surface area contributed by atoms with Crippen molar-refractivity contribution < 1.29 is 9.53 Å². The lowest BCUT2D eigenvalue weighted by Crippen LogP contribution is -2.31. The Hall–Kier alpha value is -2.00. The molecule has 0 radical (unpaired) electrons. The third kappa shape index (κ3) is 3.50. The van der Waals surface area contributed by atoms with Crippen LogP contribution < -0.4 is 4.74 Å². The molecule has 0 bridgehead atoms. The Morgan fingerprint density at radius 1 is 1.22 bits per heavy atom. The van der Waals surface area contributed by atoms with Crippen molar-refractivity contribution >= 4 is 17.5 Å². The molecule has 4 heteroatoms. The Kier molecular flexibility index (Phi) is 4.87. The van der Waals surface area contributed by atoms with Gasteiger partial charge >= 0.3 is 0 Å². The monoisotopic (exact) mass is 329 g/mol. The molecule has 2 aromatic carbocycles. The summed E-state index contributed by atoms with van der Waals surface area (Å²) in [5.74, 6) is 0.912. The Balaban J connectivity index is 1.77. The van der Waals surface area contributed by atoms with Gasteiger partial charge in [0.25, 0.3) is 0 Å². The highest BCUT2D eigenvalue weighted by atomic mass is 35.5. The number of rotatable bonds is 4. The van der Waals surface area contributed by atoms with Crippen molar-refractivity contribution in [1.82, 2.24) is 4.90 Å². The Labute approximate surface area is 141 Å². The molecular weight excluding hydrogens is 310 g/mol. The minimum absolute atomic E-state index is 0.145. The fraction of sp³-hybridized carbons (Fsp3) is 0.316. The van der Waals surface area contributed by atoms with Gasteiger partial charge in [0.1, 0.15) is 5.75 Å². The van der Waals surface area contributed by atoms with Crippen LogP contribution in [0.25, 0.3) is 0 Å². The standard InChI is InChI=1S/C19H20ClNO2/c1-23-18-7-3-2-5-15(18)13-19(22)21-12-4-6-17(21)14-8-10-16(20)11-9-14/h2-3,5,7-11,17H,4,6,12-13H2,1H3/t17-/m1/s1. The van der Waals surface area contributed by atoms with E-state index in [1.165, 1.54) is 0 Å². The molecule has 0 spiro atoms. The van der Waals surface area contributed by atoms with Gasteiger partial charge in [-0.1, -0.05) is 41.9 Å². The molecule has 0 aromatic heterocycles. The average molecular weight is 330 g/mol. The van der Waals surface area contributed by atoms with Crippen LogP contribution in [0, 0.1) is 0 Å². The number of benzene rings is 2. The van der Waals surface area contributed by atoms with Gasteiger partial charge in [0, 0.05) is 17.1 Å². The topological polar surface area (TPSA) is 29.5 Å². The number of halogens is 1. The van der Waals surface area contributed by atoms with Crippen LogP contribution in [0.3, 0.4) is 0 Å². The smallest absolute Gasteiger partial charge is 0.227 e. The molecule has 23 heavy (non-hydrogen) atoms. The third-order valence-corrected chi connectivity index (χ3v) is 4.61. The third-order valence-electron chi connectivity index (χ3n) is 4.36. The molecule has 1 amide bonds. The van der Waals surface area contributed by atoms with Crippen molar-refractivity contribution in [3.8, 4) is 5.75 Å². The molecule has 0 unspecified atom stereocenters. The molecule has 0 saturated carbocycles. The number of carbonyl (C=O) groups excluding carboxylic acids is 1. The molecular formula is C19H20ClNO2. The van der Waals surface area contributed by atoms with Gasteiger partial charge in [0.05, 0.1) is 19.6 Å². The summed E-state index contributed by atoms with van der Waals surface area (Å²) in [6.07, 6.45) is 2.40. The van der Waals surface area contributed by atoms with Gasteiger partial charge in [-0.05, 0) is 36.6 Å². The molecule has 120 valence electrons. The maximum Gasteiger partial charge on any atom is 0.227 e. The second-order valence-corrected chi connectivity index (χ2v) is 6.22. The van der Waals surface area contributed by atoms with Gasteiger partial charge in [0.15, 0.2) is 0 Å². The molecule has 1 saturated heterocycles. The van der Waals surface area contributed by atoms with Gasteiger partial charge in [-0.15, -0.1) is 0 Å². The van der Waals surface area contributed by atoms with E-state index in [0.717, 1.165) is 41.3 Å². The largest absolute Gasteiger partial charge is 0.496 e. The number of para-hydroxylation sites is 1. The van der Waals surface area contributed by atoms with Crippen molar-refractivity contribution in [3.63, 3.8) is 0 Å². The highest BCUT2D eigenvalue weighted by Gasteiger charge is 2.30. The van der Waals surface area contributed by atoms with Crippen LogP contribution >= 0.6 is 11.6 Å². The summed E-state index contributed by atoms with van der Waals surface area (Å²) in [4.78, 5) is 14.8. The molecule has 1 atom stereocenters. The van der Waals surface area contributed by atoms with Crippen molar-refractivity contribution in [3.05, 3.63) is 64.7 Å². The maximum atomic E-state index is 12.8. The second kappa shape index (κ2) is 7.05. The van der Waals surface area contributed by atoms with Gasteiger partial charge in [-0.25, -0.2) is 0 Å². The number of ether oxygens (including phenoxy) is 1. The van der Waals surface area contributed by atoms with Crippen LogP contribution in [0.15, 0.2) is 48.5 Å². The summed E-state index contributed by atoms with van der Waals surface area (Å²) >= 11 is 5.96. The molecule has 1 aliphatic heterocycles. The summed E-state index contributed by atoms with van der Waals surface area (Å²) in [5, 5.41) is 0.721. The predicted molar refractivity (Wildman–Crippen MR) is 91.8 cm³/mol. The molecule has 0 N–H and O–H groups in total. The van der Waals surface area contributed by atoms with Crippen LogP contribution in [0.1, 0.15) is 30.0 Å². The maximum absolute atomic E-state index is 12.8. The van der Waals surface area contributed by atoms with E-state index in [2.05, 4.69) is 0 Å². The number of likely N-dealkylation sites (tertiary alicyclic amines) is 1. The molecule has 3 rings (SSSR count). The summed E-state index contributed by atoms with van der Waals surface area (Å²) in [7, 11) is 1.63. The molecule has 1 fully saturated rings. The van der Waals surface area contributed by atoms with Gasteiger partial charge < -0.3 is 9.64 Å². The minimum atomic E-state index is 0.145. The zero-order valence-electron chi connectivity index (χ0n) is 13.2. The van der Waals surface area contributed by atoms with Crippen LogP contribution in [0.4, 0.5) is 0 Å². The second-order valence-electron chi connectivity index (χ2n) is 5.79. The lowest BCUT2D eigenvalue weighted by Gasteiger charge is -2.25. The fourth-order valence-electron chi connectivity index (χ4n) is 3.21. The number of hydrogen-bond acceptors (Lipinski definition) is 2. The van der Waals surface area contributed by atoms with Gasteiger partial charge in [0.2, 0.25) is 5.91 Å². The number of carbonyl (C=O) groups is 1. The van der Waals surface area contributed by atoms with E-state index in [4.69, 9.17) is 16.3 Å². The lowest BCUT2D eigenvalue weighted by molar-refractivity contribution is -0.131. The Morgan fingerprint density at radius 3 is 2.70 bits per heavy atom. The highest BCUT2D eigenvalue weighted by Crippen LogP contribution is 2.33. The van der Waals surface area contributed by atoms with E-state index >= 15 is 0 Å². The van der Waals surface area contributed by atoms with Crippen molar-refractivity contribution in [2.45, 2.75) is 25.3 Å². The van der Waals surface area contributed by atoms with E-state index in [0.29, 0.717) is 6.42 Å². The number of amides is 1. The summed E-state index contributed by atoms with van der Waals surface area (Å²) in [5.41, 5.74) is 2.09. The normalized spacial score (nSPS) is 17.3. The Bertz CT molecular complexity index is 684. The first-order valence-corrected chi connectivity index (χ1v) is 8.23. The molecule has 3 nitrogen and oxygen atoms in total. The lowest BCUT2D eigenvalue weighted by atomic mass is 10.0. The van der Waals surface area contributed by atoms with Gasteiger partial charge in [-0.2, -0.15) is 0 Å². The summed E-state index contributed by atoms with van der Waals surface area (Å²) in [6.45, 7) is 0.807. The van der Waals surface area contributed by atoms with E-state index in [1.54, 1.807) is 7.11 Å². The van der Waals surface area contributed by atoms with Crippen LogP contribution in [-0.2, 0) is 11.2 Å². The highest BCUT2D eigenvalue weighted by molar-refractivity contribution is 6.30. The molecule has 1 aliphatic rings. The molecule has 2 aromatic rings. The fourth-order valence-corrected chi connectivity index (χ4v) is 3.34. The van der Waals surface area contributed by atoms with E-state index in [9.17, 15) is 4.79 Å². The first kappa shape index (κ1) is 15.9. The van der Waals surface area contributed by atoms with E-state index in [-0.39, 0.29) is 11.9 Å². The Morgan fingerprint density at radius 2 is 1.96 bits per heavy atom. The number of methoxy groups -OCH3 is 1. The average Bonchev–Trinajstić information content (AvgIpc) is 3.06. The summed E-state index contributed by atoms with van der Waals surface area (Å²) in [6, 6.07) is 15.6. The zero-order chi connectivity index (χ0) is 16.2. The van der Waals surface area contributed by atoms with Crippen LogP contribution in [-0.4, -0.2) is 24.5 Å². The summed E-state index contributed by atoms with van der Waals surface area (Å²) < 4.78 is 5.35. The van der Waals surface area contributed by atoms with E-state index in [1.807, 2.05) is 53.4 Å². The van der Waals surface area contributed by atoms with E-state index < -0.39 is 0 Å². The zero-order valence-corrected chi connectivity index (χ0v) is 13.9. The van der Waals surface area contributed by atoms with Crippen molar-refractivity contribution in [2.24, 2.45) is 0 Å². The SMILES string of the molecule is COc1ccccc1CC(=O)N1CCC[C@@H]1c1ccc(Cl)cc1. The first-order chi connectivity index (χ1) is 11.2. The molecule has 0 aliphatic carbocycles. The van der Waals surface area contributed by atoms with Crippen molar-refractivity contribution in [2.75, 3.05) is 13.7 Å². The predicted octanol–water partition coefficient (Wildman–Crippen LogP) is 4.25. The number of hydrogen-bond donors (Lipinski definition) is 0. The van der Waals surface area contributed by atoms with Gasteiger partial charge in [-0.3, -0.25) is 4.79 Å². The quantitative estimate of drug-likeness (QED) is 0.839. The first-order valence-electron chi connectivity index (χ1n) is 7.86. The van der Waals surface area contributed by atoms with Crippen LogP contribution in [0.2, 0.25) is 5.02 Å².